The fourth-order valence-electron chi connectivity index (χ4n) is 7.91. The second-order valence-electron chi connectivity index (χ2n) is 14.9. The van der Waals surface area contributed by atoms with Crippen LogP contribution in [0.3, 0.4) is 0 Å². The molecule has 0 unspecified atom stereocenters. The van der Waals surface area contributed by atoms with Crippen LogP contribution in [0, 0.1) is 17.8 Å². The largest absolute Gasteiger partial charge is 0.417 e. The van der Waals surface area contributed by atoms with E-state index in [1.807, 2.05) is 9.36 Å². The Labute approximate surface area is 329 Å². The van der Waals surface area contributed by atoms with Crippen molar-refractivity contribution in [3.63, 3.8) is 0 Å². The number of anilines is 3. The maximum absolute atomic E-state index is 14.1. The molecule has 3 aliphatic heterocycles. The first-order valence-electron chi connectivity index (χ1n) is 19.7. The summed E-state index contributed by atoms with van der Waals surface area (Å²) >= 11 is 0. The van der Waals surface area contributed by atoms with Gasteiger partial charge in [0.2, 0.25) is 5.88 Å². The molecule has 0 bridgehead atoms. The van der Waals surface area contributed by atoms with Crippen molar-refractivity contribution in [3.05, 3.63) is 43.2 Å². The van der Waals surface area contributed by atoms with Crippen molar-refractivity contribution in [1.82, 2.24) is 69.0 Å². The van der Waals surface area contributed by atoms with E-state index in [0.717, 1.165) is 38.5 Å². The van der Waals surface area contributed by atoms with Gasteiger partial charge >= 0.3 is 6.61 Å². The standard InChI is InChI=1S/C37H41F2N15O4/c38-37(39)58-33-13-29(49-54(33)32-19-42-28-16-45-52(36(28)48-32)22-25-5-11-57-12-6-25)53(30-17-40-26-14-43-50(34(26)46-30)20-23-1-7-55-8-2-23)31-18-41-27-15-44-51(35(27)47-31)21-24-3-9-56-10-4-24/h13-19,23-25,37H,1-12,20-22H2. The zero-order chi connectivity index (χ0) is 39.0. The number of nitrogens with zero attached hydrogens (tertiary/aromatic N) is 15. The Morgan fingerprint density at radius 2 is 1.02 bits per heavy atom. The average Bonchev–Trinajstić information content (AvgIpc) is 4.05. The molecule has 0 spiro atoms. The fourth-order valence-corrected chi connectivity index (χ4v) is 7.91. The highest BCUT2D eigenvalue weighted by Crippen LogP contribution is 2.36. The number of hydrogen-bond acceptors (Lipinski definition) is 15. The van der Waals surface area contributed by atoms with Gasteiger partial charge in [0.15, 0.2) is 40.2 Å². The minimum atomic E-state index is -3.17. The topological polar surface area (TPSA) is 189 Å². The maximum Gasteiger partial charge on any atom is 0.388 e. The number of hydrogen-bond donors (Lipinski definition) is 0. The second-order valence-corrected chi connectivity index (χ2v) is 14.9. The van der Waals surface area contributed by atoms with Crippen LogP contribution in [0.4, 0.5) is 26.2 Å². The molecule has 0 amide bonds. The fraction of sp³-hybridized carbons (Fsp3) is 0.514. The Kier molecular flexibility index (Phi) is 9.99. The first-order chi connectivity index (χ1) is 28.5. The van der Waals surface area contributed by atoms with Gasteiger partial charge in [-0.2, -0.15) is 28.8 Å². The Morgan fingerprint density at radius 1 is 0.586 bits per heavy atom. The molecule has 0 saturated carbocycles. The summed E-state index contributed by atoms with van der Waals surface area (Å²) in [7, 11) is 0. The molecule has 0 N–H and O–H groups in total. The summed E-state index contributed by atoms with van der Waals surface area (Å²) in [6.07, 6.45) is 15.0. The van der Waals surface area contributed by atoms with Crippen LogP contribution in [-0.4, -0.2) is 115 Å². The number of ether oxygens (including phenoxy) is 4. The number of alkyl halides is 2. The van der Waals surface area contributed by atoms with Gasteiger partial charge in [-0.3, -0.25) is 4.90 Å². The Balaban J connectivity index is 1.08. The summed E-state index contributed by atoms with van der Waals surface area (Å²) in [5.41, 5.74) is 3.34. The van der Waals surface area contributed by atoms with Crippen molar-refractivity contribution in [3.8, 4) is 11.7 Å². The van der Waals surface area contributed by atoms with Gasteiger partial charge in [-0.25, -0.2) is 43.9 Å². The molecular weight excluding hydrogens is 757 g/mol. The number of fused-ring (bicyclic) bond motifs is 3. The average molecular weight is 798 g/mol. The summed E-state index contributed by atoms with van der Waals surface area (Å²) in [5, 5.41) is 18.6. The zero-order valence-electron chi connectivity index (χ0n) is 31.6. The van der Waals surface area contributed by atoms with E-state index < -0.39 is 6.61 Å². The summed E-state index contributed by atoms with van der Waals surface area (Å²) in [5.74, 6) is 1.68. The van der Waals surface area contributed by atoms with Crippen LogP contribution in [0.15, 0.2) is 43.2 Å². The van der Waals surface area contributed by atoms with Crippen LogP contribution < -0.4 is 9.64 Å². The third kappa shape index (κ3) is 7.39. The van der Waals surface area contributed by atoms with E-state index in [0.29, 0.717) is 122 Å². The van der Waals surface area contributed by atoms with Crippen LogP contribution >= 0.6 is 0 Å². The van der Waals surface area contributed by atoms with Crippen LogP contribution in [0.1, 0.15) is 38.5 Å². The van der Waals surface area contributed by atoms with E-state index in [4.69, 9.17) is 49.0 Å². The van der Waals surface area contributed by atoms with Gasteiger partial charge in [-0.05, 0) is 56.3 Å². The quantitative estimate of drug-likeness (QED) is 0.166. The predicted octanol–water partition coefficient (Wildman–Crippen LogP) is 4.64. The third-order valence-corrected chi connectivity index (χ3v) is 11.1. The van der Waals surface area contributed by atoms with Gasteiger partial charge in [0, 0.05) is 65.3 Å². The van der Waals surface area contributed by atoms with Crippen LogP contribution in [0.5, 0.6) is 5.88 Å². The molecule has 0 aromatic carbocycles. The molecule has 7 aromatic heterocycles. The monoisotopic (exact) mass is 797 g/mol. The number of halogens is 2. The summed E-state index contributed by atoms with van der Waals surface area (Å²) in [6, 6.07) is 1.38. The van der Waals surface area contributed by atoms with Gasteiger partial charge in [-0.15, -0.1) is 5.10 Å². The highest BCUT2D eigenvalue weighted by Gasteiger charge is 2.28. The molecule has 0 atom stereocenters. The molecule has 10 heterocycles. The SMILES string of the molecule is FC(F)Oc1cc(N(c2cnc3cnn(CC4CCOCC4)c3n2)c2cnc3cnn(CC4CCOCC4)c3n2)nn1-c1cnc2cnn(CC3CCOCC3)c2n1. The Bertz CT molecular complexity index is 2420. The van der Waals surface area contributed by atoms with E-state index in [1.54, 1.807) is 40.6 Å². The van der Waals surface area contributed by atoms with E-state index >= 15 is 0 Å². The van der Waals surface area contributed by atoms with Crippen molar-refractivity contribution in [2.75, 3.05) is 44.5 Å². The second kappa shape index (κ2) is 15.9. The molecule has 3 aliphatic rings. The summed E-state index contributed by atoms with van der Waals surface area (Å²) in [4.78, 5) is 30.5. The van der Waals surface area contributed by atoms with Gasteiger partial charge in [0.1, 0.15) is 16.6 Å². The highest BCUT2D eigenvalue weighted by molar-refractivity contribution is 5.79. The van der Waals surface area contributed by atoms with Gasteiger partial charge < -0.3 is 18.9 Å². The van der Waals surface area contributed by atoms with Crippen molar-refractivity contribution < 1.29 is 27.7 Å². The first kappa shape index (κ1) is 36.5. The smallest absolute Gasteiger partial charge is 0.388 e. The molecule has 0 aliphatic carbocycles. The first-order valence-corrected chi connectivity index (χ1v) is 19.7. The van der Waals surface area contributed by atoms with Crippen LogP contribution in [-0.2, 0) is 33.8 Å². The lowest BCUT2D eigenvalue weighted by molar-refractivity contribution is -0.0544. The van der Waals surface area contributed by atoms with E-state index in [-0.39, 0.29) is 17.5 Å². The summed E-state index contributed by atoms with van der Waals surface area (Å²) in [6.45, 7) is 2.87. The predicted molar refractivity (Wildman–Crippen MR) is 202 cm³/mol. The normalized spacial score (nSPS) is 17.6. The van der Waals surface area contributed by atoms with Crippen LogP contribution in [0.2, 0.25) is 0 Å². The van der Waals surface area contributed by atoms with E-state index in [1.165, 1.54) is 16.9 Å². The van der Waals surface area contributed by atoms with Gasteiger partial charge in [0.25, 0.3) is 0 Å². The van der Waals surface area contributed by atoms with Crippen molar-refractivity contribution >= 4 is 50.9 Å². The van der Waals surface area contributed by atoms with E-state index in [9.17, 15) is 8.78 Å². The van der Waals surface area contributed by atoms with E-state index in [2.05, 4.69) is 20.3 Å². The Hall–Kier alpha value is -5.80. The molecule has 3 fully saturated rings. The lowest BCUT2D eigenvalue weighted by atomic mass is 10.0. The van der Waals surface area contributed by atoms with Crippen LogP contribution in [0.25, 0.3) is 39.3 Å². The molecule has 10 rings (SSSR count). The molecule has 7 aromatic rings. The molecule has 19 nitrogen and oxygen atoms in total. The van der Waals surface area contributed by atoms with Crippen molar-refractivity contribution in [2.24, 2.45) is 17.8 Å². The van der Waals surface area contributed by atoms with Crippen molar-refractivity contribution in [2.45, 2.75) is 64.8 Å². The summed E-state index contributed by atoms with van der Waals surface area (Å²) < 4.78 is 56.7. The number of rotatable bonds is 12. The molecule has 0 radical (unpaired) electrons. The Morgan fingerprint density at radius 3 is 1.47 bits per heavy atom. The zero-order valence-corrected chi connectivity index (χ0v) is 31.6. The molecule has 58 heavy (non-hydrogen) atoms. The third-order valence-electron chi connectivity index (χ3n) is 11.1. The van der Waals surface area contributed by atoms with Crippen molar-refractivity contribution in [1.29, 1.82) is 0 Å². The minimum absolute atomic E-state index is 0.140. The highest BCUT2D eigenvalue weighted by atomic mass is 19.3. The lowest BCUT2D eigenvalue weighted by Gasteiger charge is -2.23. The number of aromatic nitrogens is 14. The molecule has 21 heteroatoms. The molecule has 3 saturated heterocycles. The van der Waals surface area contributed by atoms with Gasteiger partial charge in [-0.1, -0.05) is 0 Å². The maximum atomic E-state index is 14.1. The lowest BCUT2D eigenvalue weighted by Crippen LogP contribution is -2.21. The molecule has 302 valence electrons. The molecular formula is C37H41F2N15O4. The van der Waals surface area contributed by atoms with Gasteiger partial charge in [0.05, 0.1) is 37.2 Å². The minimum Gasteiger partial charge on any atom is -0.417 e.